The fourth-order valence-electron chi connectivity index (χ4n) is 1.22. The summed E-state index contributed by atoms with van der Waals surface area (Å²) in [6.45, 7) is 0.711. The summed E-state index contributed by atoms with van der Waals surface area (Å²) >= 11 is 0. The molecular formula is C11H12O3. The molecule has 1 fully saturated rings. The second-order valence-corrected chi connectivity index (χ2v) is 3.59. The molecule has 0 saturated heterocycles. The molecule has 1 aromatic carbocycles. The van der Waals surface area contributed by atoms with E-state index in [9.17, 15) is 9.90 Å². The molecule has 0 heterocycles. The number of benzene rings is 1. The number of aromatic hydroxyl groups is 1. The molecule has 0 spiro atoms. The highest BCUT2D eigenvalue weighted by Gasteiger charge is 2.21. The van der Waals surface area contributed by atoms with E-state index in [1.165, 1.54) is 18.9 Å². The molecule has 0 aliphatic heterocycles. The Kier molecular flexibility index (Phi) is 2.39. The van der Waals surface area contributed by atoms with Crippen LogP contribution in [0.4, 0.5) is 0 Å². The van der Waals surface area contributed by atoms with Gasteiger partial charge in [-0.05, 0) is 37.0 Å². The van der Waals surface area contributed by atoms with E-state index in [4.69, 9.17) is 4.74 Å². The molecule has 0 atom stereocenters. The molecule has 14 heavy (non-hydrogen) atoms. The van der Waals surface area contributed by atoms with Crippen molar-refractivity contribution in [2.24, 2.45) is 5.92 Å². The van der Waals surface area contributed by atoms with Crippen LogP contribution in [0.1, 0.15) is 23.2 Å². The first kappa shape index (κ1) is 9.06. The molecule has 0 radical (unpaired) electrons. The van der Waals surface area contributed by atoms with Gasteiger partial charge in [0.2, 0.25) is 0 Å². The smallest absolute Gasteiger partial charge is 0.153 e. The Balaban J connectivity index is 2.05. The number of ether oxygens (including phenoxy) is 1. The molecular weight excluding hydrogens is 180 g/mol. The molecule has 1 N–H and O–H groups in total. The minimum atomic E-state index is -0.00114. The summed E-state index contributed by atoms with van der Waals surface area (Å²) < 4.78 is 5.46. The molecule has 3 heteroatoms. The van der Waals surface area contributed by atoms with Crippen molar-refractivity contribution in [2.75, 3.05) is 6.61 Å². The van der Waals surface area contributed by atoms with Gasteiger partial charge in [0.15, 0.2) is 6.29 Å². The Hall–Kier alpha value is -1.51. The van der Waals surface area contributed by atoms with Crippen molar-refractivity contribution in [1.82, 2.24) is 0 Å². The van der Waals surface area contributed by atoms with Gasteiger partial charge in [0, 0.05) is 0 Å². The Labute approximate surface area is 82.3 Å². The number of hydrogen-bond acceptors (Lipinski definition) is 3. The minimum absolute atomic E-state index is 0.00114. The number of phenols is 1. The standard InChI is InChI=1S/C11H12O3/c12-6-9-5-10(3-4-11(9)13)14-7-8-1-2-8/h3-6,8,13H,1-2,7H2. The third-order valence-electron chi connectivity index (χ3n) is 2.31. The lowest BCUT2D eigenvalue weighted by Gasteiger charge is -2.05. The highest BCUT2D eigenvalue weighted by Crippen LogP contribution is 2.30. The molecule has 1 aliphatic rings. The van der Waals surface area contributed by atoms with Crippen LogP contribution >= 0.6 is 0 Å². The average molecular weight is 192 g/mol. The van der Waals surface area contributed by atoms with Crippen LogP contribution in [-0.2, 0) is 0 Å². The minimum Gasteiger partial charge on any atom is -0.507 e. The molecule has 1 aromatic rings. The van der Waals surface area contributed by atoms with Crippen molar-refractivity contribution < 1.29 is 14.6 Å². The number of rotatable bonds is 4. The van der Waals surface area contributed by atoms with E-state index in [0.29, 0.717) is 24.6 Å². The van der Waals surface area contributed by atoms with Crippen LogP contribution in [0.5, 0.6) is 11.5 Å². The van der Waals surface area contributed by atoms with E-state index in [1.54, 1.807) is 12.1 Å². The number of aldehydes is 1. The van der Waals surface area contributed by atoms with Crippen molar-refractivity contribution in [2.45, 2.75) is 12.8 Å². The predicted molar refractivity (Wildman–Crippen MR) is 51.7 cm³/mol. The van der Waals surface area contributed by atoms with Gasteiger partial charge >= 0.3 is 0 Å². The van der Waals surface area contributed by atoms with E-state index >= 15 is 0 Å². The molecule has 74 valence electrons. The second-order valence-electron chi connectivity index (χ2n) is 3.59. The van der Waals surface area contributed by atoms with Gasteiger partial charge in [-0.25, -0.2) is 0 Å². The van der Waals surface area contributed by atoms with Crippen molar-refractivity contribution in [3.63, 3.8) is 0 Å². The van der Waals surface area contributed by atoms with E-state index in [0.717, 1.165) is 0 Å². The summed E-state index contributed by atoms with van der Waals surface area (Å²) in [6.07, 6.45) is 3.09. The Morgan fingerprint density at radius 1 is 1.50 bits per heavy atom. The quantitative estimate of drug-likeness (QED) is 0.742. The van der Waals surface area contributed by atoms with E-state index in [2.05, 4.69) is 0 Å². The van der Waals surface area contributed by atoms with Gasteiger partial charge in [-0.2, -0.15) is 0 Å². The van der Waals surface area contributed by atoms with Gasteiger partial charge in [-0.15, -0.1) is 0 Å². The SMILES string of the molecule is O=Cc1cc(OCC2CC2)ccc1O. The lowest BCUT2D eigenvalue weighted by atomic mass is 10.2. The zero-order valence-corrected chi connectivity index (χ0v) is 7.77. The fraction of sp³-hybridized carbons (Fsp3) is 0.364. The molecule has 2 rings (SSSR count). The highest BCUT2D eigenvalue weighted by molar-refractivity contribution is 5.79. The number of carbonyl (C=O) groups is 1. The predicted octanol–water partition coefficient (Wildman–Crippen LogP) is 1.99. The molecule has 3 nitrogen and oxygen atoms in total. The van der Waals surface area contributed by atoms with Crippen LogP contribution < -0.4 is 4.74 Å². The van der Waals surface area contributed by atoms with Gasteiger partial charge in [0.25, 0.3) is 0 Å². The van der Waals surface area contributed by atoms with Crippen LogP contribution in [0, 0.1) is 5.92 Å². The number of hydrogen-bond donors (Lipinski definition) is 1. The average Bonchev–Trinajstić information content (AvgIpc) is 3.00. The third kappa shape index (κ3) is 2.05. The van der Waals surface area contributed by atoms with Crippen molar-refractivity contribution in [3.8, 4) is 11.5 Å². The summed E-state index contributed by atoms with van der Waals surface area (Å²) in [7, 11) is 0. The van der Waals surface area contributed by atoms with Crippen LogP contribution in [0.15, 0.2) is 18.2 Å². The zero-order chi connectivity index (χ0) is 9.97. The summed E-state index contributed by atoms with van der Waals surface area (Å²) in [5.74, 6) is 1.33. The normalized spacial score (nSPS) is 15.1. The third-order valence-corrected chi connectivity index (χ3v) is 2.31. The lowest BCUT2D eigenvalue weighted by molar-refractivity contribution is 0.112. The summed E-state index contributed by atoms with van der Waals surface area (Å²) in [5.41, 5.74) is 0.276. The summed E-state index contributed by atoms with van der Waals surface area (Å²) in [4.78, 5) is 10.5. The monoisotopic (exact) mass is 192 g/mol. The van der Waals surface area contributed by atoms with Crippen molar-refractivity contribution in [1.29, 1.82) is 0 Å². The number of carbonyl (C=O) groups excluding carboxylic acids is 1. The number of phenolic OH excluding ortho intramolecular Hbond substituents is 1. The van der Waals surface area contributed by atoms with Crippen molar-refractivity contribution in [3.05, 3.63) is 23.8 Å². The topological polar surface area (TPSA) is 46.5 Å². The largest absolute Gasteiger partial charge is 0.507 e. The molecule has 0 unspecified atom stereocenters. The first-order valence-electron chi connectivity index (χ1n) is 4.70. The van der Waals surface area contributed by atoms with Crippen LogP contribution in [0.3, 0.4) is 0 Å². The summed E-state index contributed by atoms with van der Waals surface area (Å²) in [5, 5.41) is 9.24. The van der Waals surface area contributed by atoms with Crippen LogP contribution in [0.2, 0.25) is 0 Å². The highest BCUT2D eigenvalue weighted by atomic mass is 16.5. The maximum Gasteiger partial charge on any atom is 0.153 e. The second kappa shape index (κ2) is 3.70. The van der Waals surface area contributed by atoms with Crippen molar-refractivity contribution >= 4 is 6.29 Å². The van der Waals surface area contributed by atoms with E-state index in [1.807, 2.05) is 0 Å². The van der Waals surface area contributed by atoms with E-state index < -0.39 is 0 Å². The molecule has 0 amide bonds. The van der Waals surface area contributed by atoms with Crippen LogP contribution in [0.25, 0.3) is 0 Å². The van der Waals surface area contributed by atoms with Gasteiger partial charge in [-0.3, -0.25) is 4.79 Å². The molecule has 1 aliphatic carbocycles. The molecule has 1 saturated carbocycles. The lowest BCUT2D eigenvalue weighted by Crippen LogP contribution is -1.99. The van der Waals surface area contributed by atoms with Gasteiger partial charge in [0.1, 0.15) is 11.5 Å². The van der Waals surface area contributed by atoms with Gasteiger partial charge < -0.3 is 9.84 Å². The maximum absolute atomic E-state index is 10.5. The summed E-state index contributed by atoms with van der Waals surface area (Å²) in [6, 6.07) is 4.71. The maximum atomic E-state index is 10.5. The van der Waals surface area contributed by atoms with Gasteiger partial charge in [-0.1, -0.05) is 0 Å². The van der Waals surface area contributed by atoms with Gasteiger partial charge in [0.05, 0.1) is 12.2 Å². The molecule has 0 bridgehead atoms. The van der Waals surface area contributed by atoms with E-state index in [-0.39, 0.29) is 11.3 Å². The first-order valence-corrected chi connectivity index (χ1v) is 4.70. The Morgan fingerprint density at radius 3 is 2.93 bits per heavy atom. The van der Waals surface area contributed by atoms with Crippen LogP contribution in [-0.4, -0.2) is 18.0 Å². The Morgan fingerprint density at radius 2 is 2.29 bits per heavy atom. The first-order chi connectivity index (χ1) is 6.79. The fourth-order valence-corrected chi connectivity index (χ4v) is 1.22. The molecule has 0 aromatic heterocycles. The zero-order valence-electron chi connectivity index (χ0n) is 7.77. The Bertz CT molecular complexity index is 342.